The Kier molecular flexibility index (Phi) is 6.08. The first-order chi connectivity index (χ1) is 13.1. The molecule has 0 aliphatic rings. The van der Waals surface area contributed by atoms with Crippen molar-refractivity contribution in [2.75, 3.05) is 13.7 Å². The van der Waals surface area contributed by atoms with Crippen molar-refractivity contribution in [1.29, 1.82) is 0 Å². The van der Waals surface area contributed by atoms with Crippen LogP contribution >= 0.6 is 11.3 Å². The van der Waals surface area contributed by atoms with Gasteiger partial charge in [-0.25, -0.2) is 9.78 Å². The third-order valence-corrected chi connectivity index (χ3v) is 5.31. The first-order valence-corrected chi connectivity index (χ1v) is 9.46. The van der Waals surface area contributed by atoms with Gasteiger partial charge in [-0.05, 0) is 43.5 Å². The van der Waals surface area contributed by atoms with E-state index in [1.807, 2.05) is 36.4 Å². The van der Waals surface area contributed by atoms with E-state index in [1.165, 1.54) is 5.56 Å². The Hall–Kier alpha value is -2.86. The normalized spacial score (nSPS) is 10.6. The number of aromatic nitrogens is 1. The molecule has 6 heteroatoms. The zero-order valence-corrected chi connectivity index (χ0v) is 16.1. The maximum absolute atomic E-state index is 11.2. The highest BCUT2D eigenvalue weighted by Gasteiger charge is 2.16. The van der Waals surface area contributed by atoms with E-state index >= 15 is 0 Å². The van der Waals surface area contributed by atoms with Crippen LogP contribution in [0.1, 0.15) is 27.3 Å². The van der Waals surface area contributed by atoms with E-state index in [0.29, 0.717) is 28.8 Å². The molecule has 0 aliphatic heterocycles. The van der Waals surface area contributed by atoms with Crippen molar-refractivity contribution in [1.82, 2.24) is 4.98 Å². The molecule has 0 saturated heterocycles. The van der Waals surface area contributed by atoms with Gasteiger partial charge in [0.15, 0.2) is 11.5 Å². The Morgan fingerprint density at radius 2 is 1.93 bits per heavy atom. The van der Waals surface area contributed by atoms with Gasteiger partial charge in [-0.15, -0.1) is 11.3 Å². The van der Waals surface area contributed by atoms with Gasteiger partial charge in [0.25, 0.3) is 0 Å². The maximum Gasteiger partial charge on any atom is 0.347 e. The second-order valence-corrected chi connectivity index (χ2v) is 7.04. The minimum absolute atomic E-state index is 0.255. The minimum Gasteiger partial charge on any atom is -0.493 e. The first-order valence-electron chi connectivity index (χ1n) is 8.64. The first kappa shape index (κ1) is 18.9. The van der Waals surface area contributed by atoms with E-state index < -0.39 is 5.97 Å². The van der Waals surface area contributed by atoms with Gasteiger partial charge in [-0.3, -0.25) is 0 Å². The lowest BCUT2D eigenvalue weighted by Crippen LogP contribution is -2.01. The van der Waals surface area contributed by atoms with E-state index in [4.69, 9.17) is 9.47 Å². The van der Waals surface area contributed by atoms with Crippen molar-refractivity contribution in [2.45, 2.75) is 19.8 Å². The fourth-order valence-corrected chi connectivity index (χ4v) is 3.64. The van der Waals surface area contributed by atoms with Gasteiger partial charge in [0.05, 0.1) is 19.4 Å². The third-order valence-electron chi connectivity index (χ3n) is 4.11. The minimum atomic E-state index is -0.957. The lowest BCUT2D eigenvalue weighted by atomic mass is 10.1. The highest BCUT2D eigenvalue weighted by atomic mass is 32.1. The van der Waals surface area contributed by atoms with Crippen molar-refractivity contribution in [3.63, 3.8) is 0 Å². The zero-order chi connectivity index (χ0) is 19.2. The fraction of sp³-hybridized carbons (Fsp3) is 0.238. The number of hydrogen-bond acceptors (Lipinski definition) is 5. The number of aromatic carboxylic acids is 1. The summed E-state index contributed by atoms with van der Waals surface area (Å²) in [5, 5.41) is 9.85. The number of benzene rings is 2. The second kappa shape index (κ2) is 8.68. The van der Waals surface area contributed by atoms with Crippen molar-refractivity contribution in [3.05, 3.63) is 64.7 Å². The Morgan fingerprint density at radius 1 is 1.15 bits per heavy atom. The molecule has 1 heterocycles. The SMILES string of the molecule is COc1cc(-c2nc(C)c(C(=O)O)s2)ccc1OCCCc1ccccc1. The van der Waals surface area contributed by atoms with Gasteiger partial charge in [0.2, 0.25) is 0 Å². The molecule has 0 amide bonds. The molecule has 3 rings (SSSR count). The summed E-state index contributed by atoms with van der Waals surface area (Å²) in [6.07, 6.45) is 1.86. The summed E-state index contributed by atoms with van der Waals surface area (Å²) in [5.41, 5.74) is 2.61. The number of carbonyl (C=O) groups is 1. The van der Waals surface area contributed by atoms with Crippen LogP contribution in [0.25, 0.3) is 10.6 Å². The molecular weight excluding hydrogens is 362 g/mol. The monoisotopic (exact) mass is 383 g/mol. The van der Waals surface area contributed by atoms with Crippen LogP contribution in [0, 0.1) is 6.92 Å². The van der Waals surface area contributed by atoms with Gasteiger partial charge < -0.3 is 14.6 Å². The van der Waals surface area contributed by atoms with Crippen LogP contribution in [0.4, 0.5) is 0 Å². The van der Waals surface area contributed by atoms with E-state index in [9.17, 15) is 9.90 Å². The van der Waals surface area contributed by atoms with E-state index in [-0.39, 0.29) is 4.88 Å². The summed E-state index contributed by atoms with van der Waals surface area (Å²) in [6, 6.07) is 15.8. The van der Waals surface area contributed by atoms with Crippen LogP contribution in [0.3, 0.4) is 0 Å². The molecule has 0 saturated carbocycles. The van der Waals surface area contributed by atoms with E-state index in [2.05, 4.69) is 17.1 Å². The number of aryl methyl sites for hydroxylation is 2. The summed E-state index contributed by atoms with van der Waals surface area (Å²) in [5.74, 6) is 0.319. The predicted octanol–water partition coefficient (Wildman–Crippen LogP) is 4.84. The second-order valence-electron chi connectivity index (χ2n) is 6.04. The quantitative estimate of drug-likeness (QED) is 0.564. The summed E-state index contributed by atoms with van der Waals surface area (Å²) < 4.78 is 11.3. The number of carboxylic acids is 1. The Bertz CT molecular complexity index is 921. The summed E-state index contributed by atoms with van der Waals surface area (Å²) in [7, 11) is 1.59. The standard InChI is InChI=1S/C21H21NO4S/c1-14-19(21(23)24)27-20(22-14)16-10-11-17(18(13-16)25-2)26-12-6-9-15-7-4-3-5-8-15/h3-5,7-8,10-11,13H,6,9,12H2,1-2H3,(H,23,24). The molecular formula is C21H21NO4S. The average molecular weight is 383 g/mol. The predicted molar refractivity (Wildman–Crippen MR) is 106 cm³/mol. The molecule has 0 bridgehead atoms. The Balaban J connectivity index is 1.67. The number of thiazole rings is 1. The lowest BCUT2D eigenvalue weighted by Gasteiger charge is -2.11. The van der Waals surface area contributed by atoms with Gasteiger partial charge in [-0.2, -0.15) is 0 Å². The summed E-state index contributed by atoms with van der Waals surface area (Å²) in [4.78, 5) is 15.8. The molecule has 5 nitrogen and oxygen atoms in total. The van der Waals surface area contributed by atoms with E-state index in [1.54, 1.807) is 14.0 Å². The molecule has 0 fully saturated rings. The molecule has 2 aromatic carbocycles. The molecule has 1 N–H and O–H groups in total. The highest BCUT2D eigenvalue weighted by Crippen LogP contribution is 2.35. The highest BCUT2D eigenvalue weighted by molar-refractivity contribution is 7.17. The van der Waals surface area contributed by atoms with Gasteiger partial charge in [0.1, 0.15) is 9.88 Å². The van der Waals surface area contributed by atoms with E-state index in [0.717, 1.165) is 29.7 Å². The van der Waals surface area contributed by atoms with Crippen molar-refractivity contribution in [3.8, 4) is 22.1 Å². The Morgan fingerprint density at radius 3 is 2.59 bits per heavy atom. The smallest absolute Gasteiger partial charge is 0.347 e. The van der Waals surface area contributed by atoms with Crippen LogP contribution in [-0.4, -0.2) is 29.8 Å². The maximum atomic E-state index is 11.2. The van der Waals surface area contributed by atoms with Crippen LogP contribution in [0.15, 0.2) is 48.5 Å². The molecule has 27 heavy (non-hydrogen) atoms. The zero-order valence-electron chi connectivity index (χ0n) is 15.3. The molecule has 0 radical (unpaired) electrons. The van der Waals surface area contributed by atoms with Gasteiger partial charge in [0, 0.05) is 5.56 Å². The molecule has 0 spiro atoms. The van der Waals surface area contributed by atoms with Crippen LogP contribution in [-0.2, 0) is 6.42 Å². The third kappa shape index (κ3) is 4.65. The average Bonchev–Trinajstić information content (AvgIpc) is 3.08. The molecule has 140 valence electrons. The molecule has 0 atom stereocenters. The van der Waals surface area contributed by atoms with Crippen molar-refractivity contribution in [2.24, 2.45) is 0 Å². The van der Waals surface area contributed by atoms with Gasteiger partial charge >= 0.3 is 5.97 Å². The number of ether oxygens (including phenoxy) is 2. The van der Waals surface area contributed by atoms with Crippen molar-refractivity contribution < 1.29 is 19.4 Å². The topological polar surface area (TPSA) is 68.7 Å². The number of hydrogen-bond donors (Lipinski definition) is 1. The number of rotatable bonds is 8. The van der Waals surface area contributed by atoms with Crippen LogP contribution < -0.4 is 9.47 Å². The van der Waals surface area contributed by atoms with Gasteiger partial charge in [-0.1, -0.05) is 30.3 Å². The number of methoxy groups -OCH3 is 1. The molecule has 0 unspecified atom stereocenters. The van der Waals surface area contributed by atoms with Crippen molar-refractivity contribution >= 4 is 17.3 Å². The largest absolute Gasteiger partial charge is 0.493 e. The molecule has 1 aromatic heterocycles. The summed E-state index contributed by atoms with van der Waals surface area (Å²) in [6.45, 7) is 2.29. The fourth-order valence-electron chi connectivity index (χ4n) is 2.74. The number of carboxylic acid groups (broad SMARTS) is 1. The molecule has 0 aliphatic carbocycles. The molecule has 3 aromatic rings. The van der Waals surface area contributed by atoms with Crippen LogP contribution in [0.5, 0.6) is 11.5 Å². The van der Waals surface area contributed by atoms with Crippen LogP contribution in [0.2, 0.25) is 0 Å². The lowest BCUT2D eigenvalue weighted by molar-refractivity contribution is 0.0701. The Labute approximate surface area is 162 Å². The number of nitrogens with zero attached hydrogens (tertiary/aromatic N) is 1. The summed E-state index contributed by atoms with van der Waals surface area (Å²) >= 11 is 1.16.